The first-order chi connectivity index (χ1) is 7.39. The normalized spacial score (nSPS) is 19.7. The quantitative estimate of drug-likeness (QED) is 0.721. The molecule has 0 heterocycles. The van der Waals surface area contributed by atoms with Crippen molar-refractivity contribution >= 4 is 11.9 Å². The van der Waals surface area contributed by atoms with Crippen molar-refractivity contribution in [2.75, 3.05) is 7.05 Å². The van der Waals surface area contributed by atoms with E-state index >= 15 is 0 Å². The standard InChI is InChI=1S/C11H20N2O3/c1-3-8(10(15)16)13(2)9(14)7-11(12)5-4-6-11/h8H,3-7,12H2,1-2H3,(H,15,16). The molecule has 1 unspecified atom stereocenters. The third kappa shape index (κ3) is 2.72. The van der Waals surface area contributed by atoms with E-state index in [1.165, 1.54) is 11.9 Å². The van der Waals surface area contributed by atoms with Gasteiger partial charge in [0.1, 0.15) is 6.04 Å². The lowest BCUT2D eigenvalue weighted by atomic mass is 9.75. The lowest BCUT2D eigenvalue weighted by Crippen LogP contribution is -2.52. The lowest BCUT2D eigenvalue weighted by molar-refractivity contribution is -0.149. The number of carboxylic acid groups (broad SMARTS) is 1. The van der Waals surface area contributed by atoms with Crippen LogP contribution in [0, 0.1) is 0 Å². The van der Waals surface area contributed by atoms with Gasteiger partial charge in [0, 0.05) is 19.0 Å². The molecular formula is C11H20N2O3. The summed E-state index contributed by atoms with van der Waals surface area (Å²) in [6.07, 6.45) is 3.44. The van der Waals surface area contributed by atoms with Gasteiger partial charge < -0.3 is 15.7 Å². The van der Waals surface area contributed by atoms with E-state index in [-0.39, 0.29) is 17.9 Å². The van der Waals surface area contributed by atoms with Gasteiger partial charge >= 0.3 is 5.97 Å². The van der Waals surface area contributed by atoms with E-state index in [0.29, 0.717) is 6.42 Å². The summed E-state index contributed by atoms with van der Waals surface area (Å²) in [6, 6.07) is -0.740. The Bertz CT molecular complexity index is 287. The number of carbonyl (C=O) groups is 2. The van der Waals surface area contributed by atoms with Crippen LogP contribution in [0.4, 0.5) is 0 Å². The Balaban J connectivity index is 2.55. The fourth-order valence-corrected chi connectivity index (χ4v) is 2.02. The average Bonchev–Trinajstić information content (AvgIpc) is 2.15. The third-order valence-electron chi connectivity index (χ3n) is 3.39. The minimum absolute atomic E-state index is 0.170. The summed E-state index contributed by atoms with van der Waals surface area (Å²) < 4.78 is 0. The van der Waals surface area contributed by atoms with Gasteiger partial charge in [-0.3, -0.25) is 4.79 Å². The van der Waals surface area contributed by atoms with Gasteiger partial charge in [0.25, 0.3) is 0 Å². The van der Waals surface area contributed by atoms with Crippen molar-refractivity contribution in [3.8, 4) is 0 Å². The molecule has 0 bridgehead atoms. The molecule has 1 atom stereocenters. The van der Waals surface area contributed by atoms with Crippen LogP contribution in [0.25, 0.3) is 0 Å². The molecule has 0 spiro atoms. The number of carboxylic acids is 1. The number of nitrogens with two attached hydrogens (primary N) is 1. The van der Waals surface area contributed by atoms with Crippen LogP contribution in [0.2, 0.25) is 0 Å². The Morgan fingerprint density at radius 2 is 2.06 bits per heavy atom. The van der Waals surface area contributed by atoms with E-state index in [1.54, 1.807) is 6.92 Å². The van der Waals surface area contributed by atoms with Crippen molar-refractivity contribution in [1.29, 1.82) is 0 Å². The van der Waals surface area contributed by atoms with Gasteiger partial charge in [-0.2, -0.15) is 0 Å². The van der Waals surface area contributed by atoms with Crippen molar-refractivity contribution in [1.82, 2.24) is 4.90 Å². The zero-order chi connectivity index (χ0) is 12.3. The molecule has 1 aliphatic rings. The third-order valence-corrected chi connectivity index (χ3v) is 3.39. The summed E-state index contributed by atoms with van der Waals surface area (Å²) in [6.45, 7) is 1.75. The van der Waals surface area contributed by atoms with Crippen LogP contribution < -0.4 is 5.73 Å². The van der Waals surface area contributed by atoms with Gasteiger partial charge in [-0.05, 0) is 25.7 Å². The molecule has 0 saturated heterocycles. The lowest BCUT2D eigenvalue weighted by Gasteiger charge is -2.39. The number of carbonyl (C=O) groups excluding carboxylic acids is 1. The molecule has 0 aromatic heterocycles. The molecule has 0 aliphatic heterocycles. The van der Waals surface area contributed by atoms with Crippen LogP contribution in [0.15, 0.2) is 0 Å². The second-order valence-corrected chi connectivity index (χ2v) is 4.66. The van der Waals surface area contributed by atoms with Crippen LogP contribution in [0.3, 0.4) is 0 Å². The largest absolute Gasteiger partial charge is 0.480 e. The van der Waals surface area contributed by atoms with Crippen molar-refractivity contribution < 1.29 is 14.7 Å². The van der Waals surface area contributed by atoms with Crippen molar-refractivity contribution in [2.24, 2.45) is 5.73 Å². The van der Waals surface area contributed by atoms with E-state index in [4.69, 9.17) is 10.8 Å². The predicted molar refractivity (Wildman–Crippen MR) is 59.9 cm³/mol. The first-order valence-corrected chi connectivity index (χ1v) is 5.67. The average molecular weight is 228 g/mol. The summed E-state index contributed by atoms with van der Waals surface area (Å²) >= 11 is 0. The van der Waals surface area contributed by atoms with E-state index in [1.807, 2.05) is 0 Å². The molecule has 0 radical (unpaired) electrons. The number of hydrogen-bond acceptors (Lipinski definition) is 3. The Hall–Kier alpha value is -1.10. The van der Waals surface area contributed by atoms with Crippen LogP contribution >= 0.6 is 0 Å². The molecule has 0 aromatic carbocycles. The highest BCUT2D eigenvalue weighted by atomic mass is 16.4. The summed E-state index contributed by atoms with van der Waals surface area (Å²) in [5.41, 5.74) is 5.58. The zero-order valence-electron chi connectivity index (χ0n) is 9.90. The van der Waals surface area contributed by atoms with Crippen LogP contribution in [0.5, 0.6) is 0 Å². The molecule has 3 N–H and O–H groups in total. The van der Waals surface area contributed by atoms with Gasteiger partial charge in [-0.1, -0.05) is 6.92 Å². The van der Waals surface area contributed by atoms with E-state index in [0.717, 1.165) is 19.3 Å². The topological polar surface area (TPSA) is 83.6 Å². The Morgan fingerprint density at radius 3 is 2.38 bits per heavy atom. The molecule has 0 aromatic rings. The number of likely N-dealkylation sites (N-methyl/N-ethyl adjacent to an activating group) is 1. The molecule has 5 nitrogen and oxygen atoms in total. The van der Waals surface area contributed by atoms with Gasteiger partial charge in [0.2, 0.25) is 5.91 Å². The number of hydrogen-bond donors (Lipinski definition) is 2. The second-order valence-electron chi connectivity index (χ2n) is 4.66. The summed E-state index contributed by atoms with van der Waals surface area (Å²) in [7, 11) is 1.53. The highest BCUT2D eigenvalue weighted by Crippen LogP contribution is 2.32. The van der Waals surface area contributed by atoms with Crippen LogP contribution in [-0.2, 0) is 9.59 Å². The minimum atomic E-state index is -0.960. The first kappa shape index (κ1) is 13.0. The summed E-state index contributed by atoms with van der Waals surface area (Å²) in [5.74, 6) is -1.13. The molecule has 1 fully saturated rings. The highest BCUT2D eigenvalue weighted by molar-refractivity contribution is 5.84. The van der Waals surface area contributed by atoms with Crippen LogP contribution in [0.1, 0.15) is 39.0 Å². The second kappa shape index (κ2) is 4.82. The van der Waals surface area contributed by atoms with Gasteiger partial charge in [-0.25, -0.2) is 4.79 Å². The number of aliphatic carboxylic acids is 1. The summed E-state index contributed by atoms with van der Waals surface area (Å²) in [4.78, 5) is 24.0. The van der Waals surface area contributed by atoms with Gasteiger partial charge in [0.05, 0.1) is 0 Å². The van der Waals surface area contributed by atoms with E-state index < -0.39 is 12.0 Å². The van der Waals surface area contributed by atoms with Gasteiger partial charge in [0.15, 0.2) is 0 Å². The predicted octanol–water partition coefficient (Wildman–Crippen LogP) is 0.579. The molecule has 5 heteroatoms. The first-order valence-electron chi connectivity index (χ1n) is 5.67. The Labute approximate surface area is 95.6 Å². The SMILES string of the molecule is CCC(C(=O)O)N(C)C(=O)CC1(N)CCC1. The van der Waals surface area contributed by atoms with E-state index in [9.17, 15) is 9.59 Å². The fourth-order valence-electron chi connectivity index (χ4n) is 2.02. The maximum absolute atomic E-state index is 11.8. The maximum atomic E-state index is 11.8. The van der Waals surface area contributed by atoms with Crippen molar-refractivity contribution in [3.05, 3.63) is 0 Å². The zero-order valence-corrected chi connectivity index (χ0v) is 9.90. The molecule has 1 aliphatic carbocycles. The minimum Gasteiger partial charge on any atom is -0.480 e. The summed E-state index contributed by atoms with van der Waals surface area (Å²) in [5, 5.41) is 8.94. The highest BCUT2D eigenvalue weighted by Gasteiger charge is 2.37. The Morgan fingerprint density at radius 1 is 1.50 bits per heavy atom. The molecule has 1 amide bonds. The molecule has 16 heavy (non-hydrogen) atoms. The molecule has 92 valence electrons. The molecular weight excluding hydrogens is 208 g/mol. The monoisotopic (exact) mass is 228 g/mol. The fraction of sp³-hybridized carbons (Fsp3) is 0.818. The number of nitrogens with zero attached hydrogens (tertiary/aromatic N) is 1. The van der Waals surface area contributed by atoms with Crippen LogP contribution in [-0.4, -0.2) is 40.5 Å². The van der Waals surface area contributed by atoms with E-state index in [2.05, 4.69) is 0 Å². The number of amides is 1. The van der Waals surface area contributed by atoms with Gasteiger partial charge in [-0.15, -0.1) is 0 Å². The molecule has 1 rings (SSSR count). The maximum Gasteiger partial charge on any atom is 0.326 e. The van der Waals surface area contributed by atoms with Crippen molar-refractivity contribution in [2.45, 2.75) is 50.6 Å². The van der Waals surface area contributed by atoms with Crippen molar-refractivity contribution in [3.63, 3.8) is 0 Å². The Kier molecular flexibility index (Phi) is 3.91. The smallest absolute Gasteiger partial charge is 0.326 e. The molecule has 1 saturated carbocycles. The number of rotatable bonds is 5.